The molecule has 2 amide bonds. The molecular formula is C17H16N2O4. The fourth-order valence-corrected chi connectivity index (χ4v) is 2.62. The lowest BCUT2D eigenvalue weighted by molar-refractivity contribution is 0.102. The summed E-state index contributed by atoms with van der Waals surface area (Å²) in [6.45, 7) is 0.355. The normalized spacial score (nSPS) is 15.9. The van der Waals surface area contributed by atoms with Crippen LogP contribution < -0.4 is 15.4 Å². The van der Waals surface area contributed by atoms with Crippen molar-refractivity contribution in [3.63, 3.8) is 0 Å². The first-order valence-electron chi connectivity index (χ1n) is 7.26. The molecule has 3 rings (SSSR count). The van der Waals surface area contributed by atoms with Gasteiger partial charge in [-0.25, -0.2) is 4.79 Å². The molecule has 6 heteroatoms. The predicted octanol–water partition coefficient (Wildman–Crippen LogP) is 3.03. The maximum atomic E-state index is 12.5. The molecule has 0 aliphatic carbocycles. The number of rotatable bonds is 3. The molecule has 0 spiro atoms. The van der Waals surface area contributed by atoms with Crippen molar-refractivity contribution in [3.05, 3.63) is 59.7 Å². The number of nitrogens with one attached hydrogen (secondary N) is 2. The quantitative estimate of drug-likeness (QED) is 0.813. The monoisotopic (exact) mass is 312 g/mol. The molecule has 118 valence electrons. The van der Waals surface area contributed by atoms with Gasteiger partial charge in [-0.05, 0) is 18.2 Å². The zero-order valence-electron chi connectivity index (χ0n) is 12.3. The SMILES string of the molecule is O=C(O)N[C@H]1CCOc2c(C(=O)Nc3ccccc3)cccc21. The van der Waals surface area contributed by atoms with Crippen molar-refractivity contribution < 1.29 is 19.4 Å². The number of hydrogen-bond donors (Lipinski definition) is 3. The maximum Gasteiger partial charge on any atom is 0.405 e. The molecule has 0 radical (unpaired) electrons. The van der Waals surface area contributed by atoms with E-state index in [9.17, 15) is 9.59 Å². The van der Waals surface area contributed by atoms with Crippen molar-refractivity contribution in [1.82, 2.24) is 5.32 Å². The highest BCUT2D eigenvalue weighted by molar-refractivity contribution is 6.06. The van der Waals surface area contributed by atoms with Crippen LogP contribution in [-0.2, 0) is 0 Å². The summed E-state index contributed by atoms with van der Waals surface area (Å²) in [6.07, 6.45) is -0.565. The van der Waals surface area contributed by atoms with Crippen LogP contribution in [0.3, 0.4) is 0 Å². The van der Waals surface area contributed by atoms with Gasteiger partial charge in [0.05, 0.1) is 18.2 Å². The Kier molecular flexibility index (Phi) is 4.14. The second kappa shape index (κ2) is 6.39. The van der Waals surface area contributed by atoms with Gasteiger partial charge in [-0.3, -0.25) is 4.79 Å². The zero-order valence-corrected chi connectivity index (χ0v) is 12.3. The van der Waals surface area contributed by atoms with Crippen LogP contribution in [0, 0.1) is 0 Å². The number of amides is 2. The van der Waals surface area contributed by atoms with Crippen LogP contribution in [0.4, 0.5) is 10.5 Å². The van der Waals surface area contributed by atoms with Crippen LogP contribution >= 0.6 is 0 Å². The lowest BCUT2D eigenvalue weighted by atomic mass is 9.97. The van der Waals surface area contributed by atoms with E-state index in [4.69, 9.17) is 9.84 Å². The molecule has 2 aromatic carbocycles. The van der Waals surface area contributed by atoms with Gasteiger partial charge in [-0.1, -0.05) is 30.3 Å². The predicted molar refractivity (Wildman–Crippen MR) is 84.9 cm³/mol. The molecule has 6 nitrogen and oxygen atoms in total. The summed E-state index contributed by atoms with van der Waals surface area (Å²) in [7, 11) is 0. The summed E-state index contributed by atoms with van der Waals surface area (Å²) >= 11 is 0. The van der Waals surface area contributed by atoms with Crippen LogP contribution in [0.1, 0.15) is 28.4 Å². The first-order chi connectivity index (χ1) is 11.1. The van der Waals surface area contributed by atoms with Crippen LogP contribution in [0.15, 0.2) is 48.5 Å². The van der Waals surface area contributed by atoms with Crippen molar-refractivity contribution in [1.29, 1.82) is 0 Å². The Morgan fingerprint density at radius 2 is 1.87 bits per heavy atom. The largest absolute Gasteiger partial charge is 0.492 e. The van der Waals surface area contributed by atoms with Crippen LogP contribution in [0.5, 0.6) is 5.75 Å². The van der Waals surface area contributed by atoms with Gasteiger partial charge in [-0.2, -0.15) is 0 Å². The van der Waals surface area contributed by atoms with Gasteiger partial charge in [0.1, 0.15) is 5.75 Å². The Hall–Kier alpha value is -3.02. The fraction of sp³-hybridized carbons (Fsp3) is 0.176. The minimum Gasteiger partial charge on any atom is -0.492 e. The van der Waals surface area contributed by atoms with Crippen LogP contribution in [-0.4, -0.2) is 23.7 Å². The average Bonchev–Trinajstić information content (AvgIpc) is 2.55. The number of carboxylic acid groups (broad SMARTS) is 1. The molecule has 0 unspecified atom stereocenters. The van der Waals surface area contributed by atoms with E-state index in [1.165, 1.54) is 0 Å². The number of carbonyl (C=O) groups is 2. The Morgan fingerprint density at radius 3 is 2.61 bits per heavy atom. The molecule has 23 heavy (non-hydrogen) atoms. The summed E-state index contributed by atoms with van der Waals surface area (Å²) in [5.41, 5.74) is 1.76. The molecule has 2 aromatic rings. The molecule has 0 aromatic heterocycles. The molecule has 1 heterocycles. The number of benzene rings is 2. The Labute approximate surface area is 133 Å². The molecule has 1 aliphatic rings. The van der Waals surface area contributed by atoms with Gasteiger partial charge in [-0.15, -0.1) is 0 Å². The molecule has 0 saturated heterocycles. The van der Waals surface area contributed by atoms with Gasteiger partial charge in [0.2, 0.25) is 0 Å². The first kappa shape index (κ1) is 14.9. The third-order valence-corrected chi connectivity index (χ3v) is 3.65. The van der Waals surface area contributed by atoms with E-state index in [2.05, 4.69) is 10.6 Å². The van der Waals surface area contributed by atoms with Gasteiger partial charge in [0.15, 0.2) is 0 Å². The average molecular weight is 312 g/mol. The molecule has 1 atom stereocenters. The van der Waals surface area contributed by atoms with Crippen molar-refractivity contribution in [2.45, 2.75) is 12.5 Å². The standard InChI is InChI=1S/C17H16N2O4/c20-16(18-11-5-2-1-3-6-11)13-8-4-7-12-14(19-17(21)22)9-10-23-15(12)13/h1-8,14,19H,9-10H2,(H,18,20)(H,21,22)/t14-/m0/s1. The zero-order chi connectivity index (χ0) is 16.2. The molecule has 3 N–H and O–H groups in total. The summed E-state index contributed by atoms with van der Waals surface area (Å²) in [5, 5.41) is 14.2. The third kappa shape index (κ3) is 3.26. The topological polar surface area (TPSA) is 87.7 Å². The second-order valence-corrected chi connectivity index (χ2v) is 5.18. The molecule has 1 aliphatic heterocycles. The van der Waals surface area contributed by atoms with E-state index in [0.29, 0.717) is 35.6 Å². The lowest BCUT2D eigenvalue weighted by Gasteiger charge is -2.27. The van der Waals surface area contributed by atoms with E-state index >= 15 is 0 Å². The number of fused-ring (bicyclic) bond motifs is 1. The summed E-state index contributed by atoms with van der Waals surface area (Å²) < 4.78 is 5.63. The van der Waals surface area contributed by atoms with Gasteiger partial charge >= 0.3 is 6.09 Å². The highest BCUT2D eigenvalue weighted by atomic mass is 16.5. The number of carbonyl (C=O) groups excluding carboxylic acids is 1. The van der Waals surface area contributed by atoms with E-state index in [1.807, 2.05) is 18.2 Å². The minimum absolute atomic E-state index is 0.288. The van der Waals surface area contributed by atoms with Crippen molar-refractivity contribution in [2.75, 3.05) is 11.9 Å². The Morgan fingerprint density at radius 1 is 1.09 bits per heavy atom. The van der Waals surface area contributed by atoms with Crippen molar-refractivity contribution in [3.8, 4) is 5.75 Å². The smallest absolute Gasteiger partial charge is 0.405 e. The highest BCUT2D eigenvalue weighted by Gasteiger charge is 2.27. The Balaban J connectivity index is 1.89. The number of para-hydroxylation sites is 2. The van der Waals surface area contributed by atoms with Crippen LogP contribution in [0.2, 0.25) is 0 Å². The van der Waals surface area contributed by atoms with Crippen molar-refractivity contribution in [2.24, 2.45) is 0 Å². The van der Waals surface area contributed by atoms with Gasteiger partial charge in [0.25, 0.3) is 5.91 Å². The number of hydrogen-bond acceptors (Lipinski definition) is 3. The molecule has 0 saturated carbocycles. The third-order valence-electron chi connectivity index (χ3n) is 3.65. The fourth-order valence-electron chi connectivity index (χ4n) is 2.62. The minimum atomic E-state index is -1.10. The van der Waals surface area contributed by atoms with Crippen molar-refractivity contribution >= 4 is 17.7 Å². The Bertz CT molecular complexity index is 731. The van der Waals surface area contributed by atoms with Crippen LogP contribution in [0.25, 0.3) is 0 Å². The number of ether oxygens (including phenoxy) is 1. The molecular weight excluding hydrogens is 296 g/mol. The maximum absolute atomic E-state index is 12.5. The molecule has 0 bridgehead atoms. The first-order valence-corrected chi connectivity index (χ1v) is 7.26. The van der Waals surface area contributed by atoms with Gasteiger partial charge < -0.3 is 20.5 Å². The summed E-state index contributed by atoms with van der Waals surface area (Å²) in [4.78, 5) is 23.4. The number of anilines is 1. The van der Waals surface area contributed by atoms with E-state index in [-0.39, 0.29) is 11.9 Å². The highest BCUT2D eigenvalue weighted by Crippen LogP contribution is 2.35. The summed E-state index contributed by atoms with van der Waals surface area (Å²) in [6, 6.07) is 13.9. The van der Waals surface area contributed by atoms with E-state index in [0.717, 1.165) is 0 Å². The van der Waals surface area contributed by atoms with Gasteiger partial charge in [0, 0.05) is 17.7 Å². The molecule has 0 fully saturated rings. The van der Waals surface area contributed by atoms with E-state index in [1.54, 1.807) is 30.3 Å². The second-order valence-electron chi connectivity index (χ2n) is 5.18. The van der Waals surface area contributed by atoms with E-state index < -0.39 is 6.09 Å². The summed E-state index contributed by atoms with van der Waals surface area (Å²) in [5.74, 6) is 0.148. The lowest BCUT2D eigenvalue weighted by Crippen LogP contribution is -2.31.